The van der Waals surface area contributed by atoms with E-state index in [0.717, 1.165) is 51.2 Å². The molecule has 0 spiro atoms. The van der Waals surface area contributed by atoms with Crippen LogP contribution in [0.2, 0.25) is 0 Å². The molecule has 26 heavy (non-hydrogen) atoms. The Kier molecular flexibility index (Phi) is 7.95. The summed E-state index contributed by atoms with van der Waals surface area (Å²) in [6.07, 6.45) is 2.95. The Morgan fingerprint density at radius 3 is 2.46 bits per heavy atom. The van der Waals surface area contributed by atoms with E-state index in [1.54, 1.807) is 7.11 Å². The number of piperidine rings is 1. The van der Waals surface area contributed by atoms with Crippen LogP contribution >= 0.6 is 11.9 Å². The number of methoxy groups -OCH3 is 1. The van der Waals surface area contributed by atoms with Crippen molar-refractivity contribution in [2.75, 3.05) is 40.3 Å². The Morgan fingerprint density at radius 2 is 1.96 bits per heavy atom. The highest BCUT2D eigenvalue weighted by atomic mass is 32.2. The molecule has 5 nitrogen and oxygen atoms in total. The predicted molar refractivity (Wildman–Crippen MR) is 109 cm³/mol. The lowest BCUT2D eigenvalue weighted by Gasteiger charge is -2.45. The van der Waals surface area contributed by atoms with Crippen LogP contribution in [0.3, 0.4) is 0 Å². The summed E-state index contributed by atoms with van der Waals surface area (Å²) in [4.78, 5) is 13.3. The van der Waals surface area contributed by atoms with Crippen LogP contribution in [-0.2, 0) is 6.42 Å². The number of carbonyl (C=O) groups excluding carboxylic acids is 1. The van der Waals surface area contributed by atoms with Gasteiger partial charge in [0.2, 0.25) is 0 Å². The number of rotatable bonds is 7. The van der Waals surface area contributed by atoms with Crippen molar-refractivity contribution in [2.24, 2.45) is 11.7 Å². The standard InChI is InChI=1S/C20H34N3O2S/c1-5-22(3)26-20(24)23(12-10-18(15-21)11-13-23)16(2)14-17-6-8-19(25-4)9-7-17/h6-9,16,18H,5,10-15,21H2,1-4H3/q+1. The average Bonchev–Trinajstić information content (AvgIpc) is 2.68. The summed E-state index contributed by atoms with van der Waals surface area (Å²) in [6, 6.07) is 8.44. The first-order valence-corrected chi connectivity index (χ1v) is 10.4. The minimum absolute atomic E-state index is 0.243. The molecule has 1 aliphatic heterocycles. The van der Waals surface area contributed by atoms with Gasteiger partial charge in [-0.1, -0.05) is 19.1 Å². The molecule has 1 amide bonds. The van der Waals surface area contributed by atoms with E-state index in [1.165, 1.54) is 17.5 Å². The maximum Gasteiger partial charge on any atom is 0.390 e. The Labute approximate surface area is 162 Å². The highest BCUT2D eigenvalue weighted by molar-refractivity contribution is 8.11. The van der Waals surface area contributed by atoms with Gasteiger partial charge in [-0.3, -0.25) is 0 Å². The monoisotopic (exact) mass is 380 g/mol. The fraction of sp³-hybridized carbons (Fsp3) is 0.650. The summed E-state index contributed by atoms with van der Waals surface area (Å²) in [5, 5.41) is 0.269. The highest BCUT2D eigenvalue weighted by Gasteiger charge is 2.45. The van der Waals surface area contributed by atoms with Gasteiger partial charge in [0.25, 0.3) is 0 Å². The molecule has 1 aromatic carbocycles. The number of nitrogens with zero attached hydrogens (tertiary/aromatic N) is 2. The third-order valence-corrected chi connectivity index (χ3v) is 6.87. The third kappa shape index (κ3) is 5.00. The van der Waals surface area contributed by atoms with Gasteiger partial charge in [0.05, 0.1) is 38.2 Å². The van der Waals surface area contributed by atoms with Crippen LogP contribution in [-0.4, -0.2) is 60.4 Å². The molecule has 0 saturated carbocycles. The van der Waals surface area contributed by atoms with E-state index in [4.69, 9.17) is 10.5 Å². The maximum atomic E-state index is 13.3. The van der Waals surface area contributed by atoms with E-state index in [9.17, 15) is 4.79 Å². The molecule has 0 radical (unpaired) electrons. The van der Waals surface area contributed by atoms with Crippen molar-refractivity contribution in [1.82, 2.24) is 4.31 Å². The van der Waals surface area contributed by atoms with E-state index in [2.05, 4.69) is 26.0 Å². The van der Waals surface area contributed by atoms with Crippen LogP contribution in [0.1, 0.15) is 32.3 Å². The Morgan fingerprint density at radius 1 is 1.35 bits per heavy atom. The van der Waals surface area contributed by atoms with Gasteiger partial charge in [-0.05, 0) is 44.1 Å². The van der Waals surface area contributed by atoms with Crippen LogP contribution in [0.5, 0.6) is 5.75 Å². The number of ether oxygens (including phenoxy) is 1. The van der Waals surface area contributed by atoms with Crippen molar-refractivity contribution in [3.05, 3.63) is 29.8 Å². The second kappa shape index (κ2) is 9.74. The topological polar surface area (TPSA) is 55.6 Å². The van der Waals surface area contributed by atoms with E-state index in [1.807, 2.05) is 23.5 Å². The molecule has 1 heterocycles. The summed E-state index contributed by atoms with van der Waals surface area (Å²) in [5.74, 6) is 1.42. The Bertz CT molecular complexity index is 571. The molecule has 0 aliphatic carbocycles. The van der Waals surface area contributed by atoms with Crippen molar-refractivity contribution in [3.63, 3.8) is 0 Å². The van der Waals surface area contributed by atoms with Crippen molar-refractivity contribution in [2.45, 2.75) is 39.2 Å². The van der Waals surface area contributed by atoms with Crippen LogP contribution in [0.15, 0.2) is 24.3 Å². The zero-order chi connectivity index (χ0) is 19.2. The maximum absolute atomic E-state index is 13.3. The zero-order valence-corrected chi connectivity index (χ0v) is 17.4. The molecule has 1 saturated heterocycles. The number of nitrogens with two attached hydrogens (primary N) is 1. The number of hydrogen-bond acceptors (Lipinski definition) is 5. The Hall–Kier alpha value is -1.08. The summed E-state index contributed by atoms with van der Waals surface area (Å²) < 4.78 is 7.83. The molecule has 2 N–H and O–H groups in total. The summed E-state index contributed by atoms with van der Waals surface area (Å²) in [5.41, 5.74) is 7.13. The molecular weight excluding hydrogens is 346 g/mol. The third-order valence-electron chi connectivity index (χ3n) is 5.78. The number of carbonyl (C=O) groups is 1. The quantitative estimate of drug-likeness (QED) is 0.579. The highest BCUT2D eigenvalue weighted by Crippen LogP contribution is 2.33. The van der Waals surface area contributed by atoms with Crippen LogP contribution in [0.25, 0.3) is 0 Å². The van der Waals surface area contributed by atoms with E-state index in [0.29, 0.717) is 10.4 Å². The minimum atomic E-state index is 0.243. The Balaban J connectivity index is 2.17. The minimum Gasteiger partial charge on any atom is -0.497 e. The number of amides is 1. The fourth-order valence-corrected chi connectivity index (χ4v) is 4.60. The number of hydrogen-bond donors (Lipinski definition) is 1. The molecule has 2 rings (SSSR count). The SMILES string of the molecule is CCN(C)SC(=O)[N+]1(C(C)Cc2ccc(OC)cc2)CCC(CN)CC1. The van der Waals surface area contributed by atoms with Crippen LogP contribution < -0.4 is 10.5 Å². The average molecular weight is 381 g/mol. The molecule has 0 aromatic heterocycles. The lowest BCUT2D eigenvalue weighted by atomic mass is 9.92. The van der Waals surface area contributed by atoms with Gasteiger partial charge in [-0.25, -0.2) is 13.6 Å². The lowest BCUT2D eigenvalue weighted by Crippen LogP contribution is -2.61. The first kappa shape index (κ1) is 21.2. The lowest BCUT2D eigenvalue weighted by molar-refractivity contribution is -0.874. The van der Waals surface area contributed by atoms with Gasteiger partial charge in [-0.15, -0.1) is 0 Å². The normalized spacial score (nSPS) is 24.5. The molecule has 1 aliphatic rings. The number of likely N-dealkylation sites (tertiary alicyclic amines) is 1. The first-order chi connectivity index (χ1) is 12.4. The molecule has 0 bridgehead atoms. The van der Waals surface area contributed by atoms with Gasteiger partial charge in [0.1, 0.15) is 5.75 Å². The first-order valence-electron chi connectivity index (χ1n) is 9.58. The largest absolute Gasteiger partial charge is 0.497 e. The van der Waals surface area contributed by atoms with Crippen LogP contribution in [0.4, 0.5) is 4.79 Å². The second-order valence-electron chi connectivity index (χ2n) is 7.36. The van der Waals surface area contributed by atoms with Gasteiger partial charge in [0, 0.05) is 25.8 Å². The summed E-state index contributed by atoms with van der Waals surface area (Å²) >= 11 is 1.37. The van der Waals surface area contributed by atoms with E-state index >= 15 is 0 Å². The molecule has 1 unspecified atom stereocenters. The number of benzene rings is 1. The molecule has 1 fully saturated rings. The van der Waals surface area contributed by atoms with Gasteiger partial charge >= 0.3 is 5.24 Å². The molecule has 1 atom stereocenters. The van der Waals surface area contributed by atoms with Crippen molar-refractivity contribution >= 4 is 17.2 Å². The van der Waals surface area contributed by atoms with Crippen molar-refractivity contribution in [1.29, 1.82) is 0 Å². The van der Waals surface area contributed by atoms with Crippen molar-refractivity contribution in [3.8, 4) is 5.75 Å². The predicted octanol–water partition coefficient (Wildman–Crippen LogP) is 3.53. The molecule has 6 heteroatoms. The zero-order valence-electron chi connectivity index (χ0n) is 16.6. The smallest absolute Gasteiger partial charge is 0.390 e. The van der Waals surface area contributed by atoms with Crippen molar-refractivity contribution < 1.29 is 14.0 Å². The fourth-order valence-electron chi connectivity index (χ4n) is 3.68. The molecule has 146 valence electrons. The molecule has 1 aromatic rings. The van der Waals surface area contributed by atoms with Gasteiger partial charge in [0.15, 0.2) is 0 Å². The van der Waals surface area contributed by atoms with Gasteiger partial charge < -0.3 is 10.5 Å². The second-order valence-corrected chi connectivity index (χ2v) is 8.52. The number of quaternary nitrogens is 1. The summed E-state index contributed by atoms with van der Waals surface area (Å²) in [7, 11) is 3.67. The van der Waals surface area contributed by atoms with E-state index < -0.39 is 0 Å². The van der Waals surface area contributed by atoms with Gasteiger partial charge in [-0.2, -0.15) is 0 Å². The summed E-state index contributed by atoms with van der Waals surface area (Å²) in [6.45, 7) is 7.66. The van der Waals surface area contributed by atoms with E-state index in [-0.39, 0.29) is 11.3 Å². The van der Waals surface area contributed by atoms with Crippen LogP contribution in [0, 0.1) is 5.92 Å². The molecular formula is C20H34N3O2S+.